The standard InChI is InChI=1S/C35H50ClFN2O5S/c1-7-11-30-29(15-16-31(36)34(30)37)28-21-39(32-20-24(4)14-17-33(32)44-22-28)19-18-27(8-2)35(43-9-3)25(5)12-10-13-26(6)45(41,42)38-23-40/h12,14-17,20,23,26-28,35H,7-11,13,18-19,21-22H2,1-6H3,(H,38,40)/b25-12+/t26?,27?,28?,35-/m0/s1. The maximum absolute atomic E-state index is 15.2. The molecule has 7 nitrogen and oxygen atoms in total. The van der Waals surface area contributed by atoms with Gasteiger partial charge in [-0.1, -0.05) is 56.5 Å². The van der Waals surface area contributed by atoms with Crippen LogP contribution < -0.4 is 14.4 Å². The van der Waals surface area contributed by atoms with Gasteiger partial charge in [-0.2, -0.15) is 0 Å². The van der Waals surface area contributed by atoms with Crippen molar-refractivity contribution in [3.63, 3.8) is 0 Å². The van der Waals surface area contributed by atoms with Crippen molar-refractivity contribution in [1.29, 1.82) is 0 Å². The van der Waals surface area contributed by atoms with E-state index in [2.05, 4.69) is 37.0 Å². The molecule has 1 amide bonds. The number of ether oxygens (including phenoxy) is 2. The summed E-state index contributed by atoms with van der Waals surface area (Å²) in [6.45, 7) is 14.4. The Bertz CT molecular complexity index is 1420. The zero-order chi connectivity index (χ0) is 33.1. The van der Waals surface area contributed by atoms with E-state index in [-0.39, 0.29) is 35.2 Å². The summed E-state index contributed by atoms with van der Waals surface area (Å²) in [7, 11) is -3.67. The molecule has 45 heavy (non-hydrogen) atoms. The number of anilines is 1. The highest BCUT2D eigenvalue weighted by molar-refractivity contribution is 7.90. The zero-order valence-corrected chi connectivity index (χ0v) is 29.1. The number of carbonyl (C=O) groups excluding carboxylic acids is 1. The van der Waals surface area contributed by atoms with Crippen molar-refractivity contribution in [2.45, 2.75) is 97.3 Å². The number of benzene rings is 2. The van der Waals surface area contributed by atoms with Crippen LogP contribution in [0.3, 0.4) is 0 Å². The number of hydrogen-bond donors (Lipinski definition) is 1. The van der Waals surface area contributed by atoms with Crippen LogP contribution in [0.1, 0.15) is 89.3 Å². The minimum atomic E-state index is -3.67. The zero-order valence-electron chi connectivity index (χ0n) is 27.6. The highest BCUT2D eigenvalue weighted by Gasteiger charge is 2.29. The van der Waals surface area contributed by atoms with Gasteiger partial charge >= 0.3 is 0 Å². The van der Waals surface area contributed by atoms with Crippen LogP contribution in [0, 0.1) is 18.7 Å². The first kappa shape index (κ1) is 36.8. The fourth-order valence-electron chi connectivity index (χ4n) is 6.21. The van der Waals surface area contributed by atoms with E-state index in [1.807, 2.05) is 37.6 Å². The van der Waals surface area contributed by atoms with Crippen LogP contribution in [0.2, 0.25) is 5.02 Å². The average Bonchev–Trinajstić information content (AvgIpc) is 3.18. The summed E-state index contributed by atoms with van der Waals surface area (Å²) in [5, 5.41) is -0.537. The molecule has 3 unspecified atom stereocenters. The van der Waals surface area contributed by atoms with E-state index in [1.165, 1.54) is 0 Å². The van der Waals surface area contributed by atoms with Crippen molar-refractivity contribution in [2.24, 2.45) is 5.92 Å². The predicted octanol–water partition coefficient (Wildman–Crippen LogP) is 7.73. The van der Waals surface area contributed by atoms with Crippen LogP contribution in [0.4, 0.5) is 10.1 Å². The second kappa shape index (κ2) is 17.3. The molecular formula is C35H50ClFN2O5S. The van der Waals surface area contributed by atoms with Gasteiger partial charge in [0.05, 0.1) is 28.7 Å². The number of amides is 1. The average molecular weight is 665 g/mol. The number of sulfonamides is 1. The van der Waals surface area contributed by atoms with Crippen LogP contribution in [0.25, 0.3) is 0 Å². The number of rotatable bonds is 17. The number of nitrogens with zero attached hydrogens (tertiary/aromatic N) is 1. The topological polar surface area (TPSA) is 84.9 Å². The Morgan fingerprint density at radius 1 is 1.22 bits per heavy atom. The molecule has 0 saturated heterocycles. The molecular weight excluding hydrogens is 615 g/mol. The lowest BCUT2D eigenvalue weighted by atomic mass is 9.89. The third kappa shape index (κ3) is 9.69. The summed E-state index contributed by atoms with van der Waals surface area (Å²) in [6.07, 6.45) is 6.30. The van der Waals surface area contributed by atoms with Gasteiger partial charge in [0.2, 0.25) is 16.4 Å². The second-order valence-corrected chi connectivity index (χ2v) is 14.6. The molecule has 1 aliphatic heterocycles. The molecule has 0 radical (unpaired) electrons. The van der Waals surface area contributed by atoms with Gasteiger partial charge in [0.25, 0.3) is 0 Å². The van der Waals surface area contributed by atoms with Gasteiger partial charge in [0, 0.05) is 25.6 Å². The molecule has 1 aliphatic rings. The van der Waals surface area contributed by atoms with Gasteiger partial charge in [0.15, 0.2) is 0 Å². The molecule has 0 aromatic heterocycles. The molecule has 4 atom stereocenters. The minimum absolute atomic E-state index is 0.0395. The van der Waals surface area contributed by atoms with E-state index >= 15 is 4.39 Å². The Labute approximate surface area is 274 Å². The fraction of sp³-hybridized carbons (Fsp3) is 0.571. The lowest BCUT2D eigenvalue weighted by molar-refractivity contribution is -0.108. The molecule has 0 aliphatic carbocycles. The number of hydrogen-bond acceptors (Lipinski definition) is 6. The highest BCUT2D eigenvalue weighted by atomic mass is 35.5. The van der Waals surface area contributed by atoms with E-state index in [4.69, 9.17) is 21.1 Å². The maximum Gasteiger partial charge on any atom is 0.237 e. The Morgan fingerprint density at radius 2 is 1.98 bits per heavy atom. The third-order valence-corrected chi connectivity index (χ3v) is 10.8. The summed E-state index contributed by atoms with van der Waals surface area (Å²) >= 11 is 6.20. The Hall–Kier alpha value is -2.62. The van der Waals surface area contributed by atoms with E-state index in [9.17, 15) is 13.2 Å². The molecule has 250 valence electrons. The molecule has 3 rings (SSSR count). The van der Waals surface area contributed by atoms with Gasteiger partial charge in [0.1, 0.15) is 11.6 Å². The van der Waals surface area contributed by atoms with Crippen LogP contribution in [0.15, 0.2) is 42.0 Å². The number of allylic oxidation sites excluding steroid dienone is 1. The fourth-order valence-corrected chi connectivity index (χ4v) is 7.20. The van der Waals surface area contributed by atoms with E-state index < -0.39 is 15.3 Å². The first-order valence-electron chi connectivity index (χ1n) is 16.1. The SMILES string of the molecule is CCCc1c(C2COc3ccc(C)cc3N(CCC(CC)[C@@H](OCC)/C(C)=C/CCC(C)S(=O)(=O)NC=O)C2)ccc(Cl)c1F. The molecule has 10 heteroatoms. The lowest BCUT2D eigenvalue weighted by Gasteiger charge is -2.32. The second-order valence-electron chi connectivity index (χ2n) is 12.1. The van der Waals surface area contributed by atoms with Crippen molar-refractivity contribution in [1.82, 2.24) is 4.72 Å². The molecule has 1 heterocycles. The summed E-state index contributed by atoms with van der Waals surface area (Å²) in [4.78, 5) is 13.0. The van der Waals surface area contributed by atoms with Crippen LogP contribution in [-0.4, -0.2) is 52.5 Å². The molecule has 0 fully saturated rings. The Kier molecular flexibility index (Phi) is 14.2. The Balaban J connectivity index is 1.84. The summed E-state index contributed by atoms with van der Waals surface area (Å²) in [5.41, 5.74) is 4.88. The molecule has 0 spiro atoms. The first-order chi connectivity index (χ1) is 21.5. The van der Waals surface area contributed by atoms with E-state index in [0.717, 1.165) is 53.9 Å². The maximum atomic E-state index is 15.2. The number of aryl methyl sites for hydroxylation is 1. The van der Waals surface area contributed by atoms with Crippen LogP contribution >= 0.6 is 11.6 Å². The third-order valence-electron chi connectivity index (χ3n) is 8.81. The minimum Gasteiger partial charge on any atom is -0.491 e. The smallest absolute Gasteiger partial charge is 0.237 e. The molecule has 2 aromatic carbocycles. The summed E-state index contributed by atoms with van der Waals surface area (Å²) in [6, 6.07) is 9.85. The molecule has 0 bridgehead atoms. The van der Waals surface area contributed by atoms with Gasteiger partial charge in [-0.15, -0.1) is 0 Å². The van der Waals surface area contributed by atoms with Crippen molar-refractivity contribution < 1.29 is 27.1 Å². The number of halogens is 2. The molecule has 1 N–H and O–H groups in total. The number of carbonyl (C=O) groups is 1. The lowest BCUT2D eigenvalue weighted by Crippen LogP contribution is -2.34. The largest absolute Gasteiger partial charge is 0.491 e. The van der Waals surface area contributed by atoms with Crippen LogP contribution in [-0.2, 0) is 26.0 Å². The normalized spacial score (nSPS) is 17.6. The molecule has 0 saturated carbocycles. The number of fused-ring (bicyclic) bond motifs is 1. The van der Waals surface area contributed by atoms with E-state index in [1.54, 1.807) is 13.0 Å². The highest BCUT2D eigenvalue weighted by Crippen LogP contribution is 2.38. The predicted molar refractivity (Wildman–Crippen MR) is 181 cm³/mol. The van der Waals surface area contributed by atoms with Gasteiger partial charge in [-0.25, -0.2) is 12.8 Å². The molecule has 2 aromatic rings. The number of nitrogens with one attached hydrogen (secondary N) is 1. The van der Waals surface area contributed by atoms with Crippen molar-refractivity contribution in [3.8, 4) is 5.75 Å². The van der Waals surface area contributed by atoms with Gasteiger partial charge in [-0.3, -0.25) is 9.52 Å². The van der Waals surface area contributed by atoms with E-state index in [0.29, 0.717) is 44.6 Å². The quantitative estimate of drug-likeness (QED) is 0.138. The van der Waals surface area contributed by atoms with Gasteiger partial charge in [-0.05, 0) is 99.8 Å². The van der Waals surface area contributed by atoms with Crippen molar-refractivity contribution in [3.05, 3.63) is 69.5 Å². The first-order valence-corrected chi connectivity index (χ1v) is 18.1. The van der Waals surface area contributed by atoms with Gasteiger partial charge < -0.3 is 14.4 Å². The van der Waals surface area contributed by atoms with Crippen molar-refractivity contribution >= 4 is 33.7 Å². The van der Waals surface area contributed by atoms with Crippen molar-refractivity contribution in [2.75, 3.05) is 31.2 Å². The van der Waals surface area contributed by atoms with Crippen LogP contribution in [0.5, 0.6) is 5.75 Å². The summed E-state index contributed by atoms with van der Waals surface area (Å²) in [5.74, 6) is 0.675. The Morgan fingerprint density at radius 3 is 2.64 bits per heavy atom. The summed E-state index contributed by atoms with van der Waals surface area (Å²) < 4.78 is 54.1. The monoisotopic (exact) mass is 664 g/mol.